The third-order valence-electron chi connectivity index (χ3n) is 5.29. The van der Waals surface area contributed by atoms with Crippen LogP contribution >= 0.6 is 11.3 Å². The molecule has 1 aliphatic heterocycles. The van der Waals surface area contributed by atoms with Crippen LogP contribution in [-0.2, 0) is 11.3 Å². The molecule has 1 aromatic carbocycles. The fourth-order valence-electron chi connectivity index (χ4n) is 3.62. The number of nitriles is 1. The summed E-state index contributed by atoms with van der Waals surface area (Å²) in [5.74, 6) is 0.722. The van der Waals surface area contributed by atoms with Crippen LogP contribution < -0.4 is 10.1 Å². The molecule has 0 radical (unpaired) electrons. The van der Waals surface area contributed by atoms with Gasteiger partial charge in [-0.15, -0.1) is 11.3 Å². The Kier molecular flexibility index (Phi) is 6.49. The number of pyridine rings is 1. The number of nitrogens with one attached hydrogen (secondary N) is 1. The molecule has 32 heavy (non-hydrogen) atoms. The van der Waals surface area contributed by atoms with Gasteiger partial charge in [0.05, 0.1) is 34.4 Å². The average molecular weight is 448 g/mol. The molecule has 1 fully saturated rings. The number of amides is 1. The van der Waals surface area contributed by atoms with E-state index in [2.05, 4.69) is 50.5 Å². The molecule has 0 aliphatic carbocycles. The number of likely N-dealkylation sites (tertiary alicyclic amines) is 1. The maximum atomic E-state index is 11.6. The van der Waals surface area contributed by atoms with Crippen LogP contribution in [0.5, 0.6) is 5.75 Å². The molecule has 0 saturated carbocycles. The first kappa shape index (κ1) is 21.9. The number of ether oxygens (including phenoxy) is 1. The summed E-state index contributed by atoms with van der Waals surface area (Å²) in [6.45, 7) is 6.27. The lowest BCUT2D eigenvalue weighted by molar-refractivity contribution is -0.129. The predicted molar refractivity (Wildman–Crippen MR) is 124 cm³/mol. The van der Waals surface area contributed by atoms with Crippen LogP contribution in [0.15, 0.2) is 42.7 Å². The van der Waals surface area contributed by atoms with Crippen molar-refractivity contribution in [3.8, 4) is 33.0 Å². The number of hydrogen-bond acceptors (Lipinski definition) is 7. The minimum atomic E-state index is -0.0221. The lowest BCUT2D eigenvalue weighted by Crippen LogP contribution is -2.52. The number of carbonyl (C=O) groups is 1. The van der Waals surface area contributed by atoms with Crippen LogP contribution in [0, 0.1) is 17.2 Å². The van der Waals surface area contributed by atoms with Crippen molar-refractivity contribution in [2.75, 3.05) is 20.1 Å². The molecule has 0 bridgehead atoms. The highest BCUT2D eigenvalue weighted by Gasteiger charge is 2.31. The first-order chi connectivity index (χ1) is 15.5. The van der Waals surface area contributed by atoms with Crippen LogP contribution in [0.1, 0.15) is 25.0 Å². The Hall–Kier alpha value is -3.28. The number of rotatable bonds is 7. The van der Waals surface area contributed by atoms with Gasteiger partial charge in [-0.3, -0.25) is 14.7 Å². The summed E-state index contributed by atoms with van der Waals surface area (Å²) in [6, 6.07) is 12.3. The Labute approximate surface area is 191 Å². The van der Waals surface area contributed by atoms with Crippen molar-refractivity contribution in [1.29, 1.82) is 5.26 Å². The van der Waals surface area contributed by atoms with Crippen molar-refractivity contribution in [3.63, 3.8) is 0 Å². The monoisotopic (exact) mass is 447 g/mol. The number of nitrogens with zero attached hydrogens (tertiary/aromatic N) is 4. The molecule has 0 unspecified atom stereocenters. The summed E-state index contributed by atoms with van der Waals surface area (Å²) in [6.07, 6.45) is 3.37. The molecule has 0 spiro atoms. The highest BCUT2D eigenvalue weighted by atomic mass is 32.1. The van der Waals surface area contributed by atoms with E-state index >= 15 is 0 Å². The molecule has 1 aliphatic rings. The van der Waals surface area contributed by atoms with E-state index in [1.54, 1.807) is 36.8 Å². The van der Waals surface area contributed by atoms with Crippen LogP contribution in [0.3, 0.4) is 0 Å². The fraction of sp³-hybridized carbons (Fsp3) is 0.333. The van der Waals surface area contributed by atoms with E-state index < -0.39 is 0 Å². The zero-order chi connectivity index (χ0) is 22.7. The topological polar surface area (TPSA) is 91.1 Å². The lowest BCUT2D eigenvalue weighted by Gasteiger charge is -2.38. The van der Waals surface area contributed by atoms with Gasteiger partial charge >= 0.3 is 0 Å². The van der Waals surface area contributed by atoms with E-state index in [-0.39, 0.29) is 17.9 Å². The van der Waals surface area contributed by atoms with Crippen LogP contribution in [0.2, 0.25) is 0 Å². The molecule has 2 aromatic heterocycles. The predicted octanol–water partition coefficient (Wildman–Crippen LogP) is 3.71. The Morgan fingerprint density at radius 1 is 1.28 bits per heavy atom. The Morgan fingerprint density at radius 2 is 2.03 bits per heavy atom. The number of thiazole rings is 1. The Balaban J connectivity index is 1.43. The first-order valence-electron chi connectivity index (χ1n) is 10.5. The molecule has 3 aromatic rings. The van der Waals surface area contributed by atoms with E-state index in [0.29, 0.717) is 17.0 Å². The second-order valence-electron chi connectivity index (χ2n) is 8.08. The third-order valence-corrected chi connectivity index (χ3v) is 6.36. The number of carbonyl (C=O) groups excluding carboxylic acids is 1. The van der Waals surface area contributed by atoms with Gasteiger partial charge in [0.2, 0.25) is 5.91 Å². The highest BCUT2D eigenvalue weighted by molar-refractivity contribution is 7.18. The van der Waals surface area contributed by atoms with Gasteiger partial charge in [0, 0.05) is 38.4 Å². The molecule has 3 heterocycles. The van der Waals surface area contributed by atoms with Gasteiger partial charge in [0.1, 0.15) is 11.1 Å². The van der Waals surface area contributed by atoms with Gasteiger partial charge in [0.25, 0.3) is 0 Å². The van der Waals surface area contributed by atoms with Crippen molar-refractivity contribution < 1.29 is 9.53 Å². The summed E-state index contributed by atoms with van der Waals surface area (Å²) in [5, 5.41) is 13.1. The summed E-state index contributed by atoms with van der Waals surface area (Å²) in [5.41, 5.74) is 3.42. The van der Waals surface area contributed by atoms with Gasteiger partial charge in [-0.25, -0.2) is 4.98 Å². The molecule has 0 atom stereocenters. The second kappa shape index (κ2) is 9.47. The lowest BCUT2D eigenvalue weighted by atomic mass is 9.98. The normalized spacial score (nSPS) is 14.1. The minimum Gasteiger partial charge on any atom is -0.488 e. The van der Waals surface area contributed by atoms with Crippen LogP contribution in [0.4, 0.5) is 0 Å². The maximum Gasteiger partial charge on any atom is 0.225 e. The van der Waals surface area contributed by atoms with Crippen LogP contribution in [-0.4, -0.2) is 47.0 Å². The largest absolute Gasteiger partial charge is 0.488 e. The second-order valence-corrected chi connectivity index (χ2v) is 9.11. The molecule has 4 rings (SSSR count). The molecule has 8 heteroatoms. The first-order valence-corrected chi connectivity index (χ1v) is 11.3. The van der Waals surface area contributed by atoms with E-state index in [1.807, 2.05) is 13.8 Å². The smallest absolute Gasteiger partial charge is 0.225 e. The summed E-state index contributed by atoms with van der Waals surface area (Å²) >= 11 is 1.54. The van der Waals surface area contributed by atoms with Gasteiger partial charge < -0.3 is 10.1 Å². The number of aromatic nitrogens is 2. The standard InChI is InChI=1S/C24H25N5O2S/c1-15(2)31-21-10-27-20(8-18(21)9-25)22-11-28-24(32-22)17-6-4-16(5-7-17)12-29-13-19(14-29)23(30)26-3/h4-8,10-11,15,19H,12-14H2,1-3H3,(H,26,30). The molecule has 1 N–H and O–H groups in total. The molecule has 7 nitrogen and oxygen atoms in total. The number of hydrogen-bond donors (Lipinski definition) is 1. The molecule has 1 saturated heterocycles. The zero-order valence-electron chi connectivity index (χ0n) is 18.3. The van der Waals surface area contributed by atoms with E-state index in [4.69, 9.17) is 4.74 Å². The number of benzene rings is 1. The molecule has 1 amide bonds. The van der Waals surface area contributed by atoms with Crippen molar-refractivity contribution in [2.24, 2.45) is 5.92 Å². The summed E-state index contributed by atoms with van der Waals surface area (Å²) in [7, 11) is 1.68. The summed E-state index contributed by atoms with van der Waals surface area (Å²) < 4.78 is 5.66. The van der Waals surface area contributed by atoms with Gasteiger partial charge in [-0.2, -0.15) is 5.26 Å². The minimum absolute atomic E-state index is 0.0221. The van der Waals surface area contributed by atoms with Crippen molar-refractivity contribution in [1.82, 2.24) is 20.2 Å². The van der Waals surface area contributed by atoms with Gasteiger partial charge in [-0.1, -0.05) is 24.3 Å². The Morgan fingerprint density at radius 3 is 2.69 bits per heavy atom. The zero-order valence-corrected chi connectivity index (χ0v) is 19.1. The van der Waals surface area contributed by atoms with E-state index in [1.165, 1.54) is 5.56 Å². The van der Waals surface area contributed by atoms with E-state index in [9.17, 15) is 10.1 Å². The maximum absolute atomic E-state index is 11.6. The molecule has 164 valence electrons. The SMILES string of the molecule is CNC(=O)C1CN(Cc2ccc(-c3ncc(-c4cc(C#N)c(OC(C)C)cn4)s3)cc2)C1. The highest BCUT2D eigenvalue weighted by Crippen LogP contribution is 2.33. The Bertz CT molecular complexity index is 1140. The quantitative estimate of drug-likeness (QED) is 0.594. The third kappa shape index (κ3) is 4.79. The van der Waals surface area contributed by atoms with E-state index in [0.717, 1.165) is 35.1 Å². The summed E-state index contributed by atoms with van der Waals surface area (Å²) in [4.78, 5) is 23.8. The van der Waals surface area contributed by atoms with Crippen LogP contribution in [0.25, 0.3) is 21.1 Å². The fourth-order valence-corrected chi connectivity index (χ4v) is 4.51. The van der Waals surface area contributed by atoms with Crippen molar-refractivity contribution >= 4 is 17.2 Å². The van der Waals surface area contributed by atoms with Gasteiger partial charge in [0.15, 0.2) is 5.75 Å². The molecular formula is C24H25N5O2S. The molecular weight excluding hydrogens is 422 g/mol. The van der Waals surface area contributed by atoms with Crippen molar-refractivity contribution in [2.45, 2.75) is 26.5 Å². The van der Waals surface area contributed by atoms with Gasteiger partial charge in [-0.05, 0) is 25.5 Å². The van der Waals surface area contributed by atoms with Crippen molar-refractivity contribution in [3.05, 3.63) is 53.9 Å². The average Bonchev–Trinajstić information content (AvgIpc) is 3.26.